The quantitative estimate of drug-likeness (QED) is 0.313. The number of ether oxygens (including phenoxy) is 2. The number of pyridine rings is 1. The summed E-state index contributed by atoms with van der Waals surface area (Å²) in [7, 11) is 5.16. The van der Waals surface area contributed by atoms with Gasteiger partial charge in [0.2, 0.25) is 0 Å². The molecule has 1 unspecified atom stereocenters. The summed E-state index contributed by atoms with van der Waals surface area (Å²) in [5.41, 5.74) is -1.84. The van der Waals surface area contributed by atoms with Crippen molar-refractivity contribution in [2.75, 3.05) is 41.0 Å². The Hall–Kier alpha value is -1.87. The minimum atomic E-state index is -4.64. The van der Waals surface area contributed by atoms with Crippen LogP contribution in [0.3, 0.4) is 0 Å². The van der Waals surface area contributed by atoms with Crippen molar-refractivity contribution in [2.24, 2.45) is 5.92 Å². The second-order valence-corrected chi connectivity index (χ2v) is 7.72. The van der Waals surface area contributed by atoms with E-state index in [1.165, 1.54) is 6.20 Å². The molecule has 1 N–H and O–H groups in total. The van der Waals surface area contributed by atoms with E-state index in [-0.39, 0.29) is 30.9 Å². The second kappa shape index (κ2) is 11.3. The molecule has 0 saturated heterocycles. The Bertz CT molecular complexity index is 715. The van der Waals surface area contributed by atoms with Crippen molar-refractivity contribution in [1.29, 1.82) is 0 Å². The minimum absolute atomic E-state index is 0.0165. The van der Waals surface area contributed by atoms with E-state index in [2.05, 4.69) is 4.74 Å². The van der Waals surface area contributed by atoms with Crippen LogP contribution >= 0.6 is 0 Å². The van der Waals surface area contributed by atoms with Crippen molar-refractivity contribution >= 4 is 5.97 Å². The van der Waals surface area contributed by atoms with E-state index >= 15 is 0 Å². The standard InChI is InChI=1S/C20H31F3N2O4/c1-14(2)11-17(19(27)29-10-6-9-28-5)25-13-15(7-8-24(3)4)16(12-18(25)26)20(21,22)23/h12-14,17H,6-11H2,1-5H3/p+1. The maximum Gasteiger partial charge on any atom is 0.416 e. The predicted octanol–water partition coefficient (Wildman–Crippen LogP) is 2.65. The van der Waals surface area contributed by atoms with Gasteiger partial charge in [-0.1, -0.05) is 13.8 Å². The number of rotatable bonds is 11. The Morgan fingerprint density at radius 1 is 1.31 bits per heavy atom. The van der Waals surface area contributed by atoms with E-state index in [9.17, 15) is 22.8 Å². The summed E-state index contributed by atoms with van der Waals surface area (Å²) in [5.74, 6) is -0.576. The number of alkyl halides is 3. The van der Waals surface area contributed by atoms with Crippen LogP contribution in [0.2, 0.25) is 0 Å². The highest BCUT2D eigenvalue weighted by atomic mass is 19.4. The van der Waals surface area contributed by atoms with Gasteiger partial charge in [-0.05, 0) is 38.4 Å². The first-order chi connectivity index (χ1) is 13.5. The fraction of sp³-hybridized carbons (Fsp3) is 0.700. The lowest BCUT2D eigenvalue weighted by atomic mass is 10.0. The highest BCUT2D eigenvalue weighted by Gasteiger charge is 2.35. The fourth-order valence-corrected chi connectivity index (χ4v) is 2.90. The SMILES string of the molecule is C[OH+]CCCOC(=O)C(CC(C)C)n1cc(CCN(C)C)c(C(F)(F)F)cc1=O. The molecular weight excluding hydrogens is 389 g/mol. The van der Waals surface area contributed by atoms with E-state index in [4.69, 9.17) is 4.74 Å². The molecule has 1 heterocycles. The van der Waals surface area contributed by atoms with E-state index in [0.29, 0.717) is 25.6 Å². The van der Waals surface area contributed by atoms with Crippen LogP contribution in [0.15, 0.2) is 17.1 Å². The normalized spacial score (nSPS) is 13.2. The number of hydrogen-bond acceptors (Lipinski definition) is 4. The van der Waals surface area contributed by atoms with Crippen LogP contribution < -0.4 is 5.56 Å². The van der Waals surface area contributed by atoms with Crippen LogP contribution in [0.1, 0.15) is 43.9 Å². The Balaban J connectivity index is 3.30. The smallest absolute Gasteiger partial charge is 0.416 e. The fourth-order valence-electron chi connectivity index (χ4n) is 2.90. The Morgan fingerprint density at radius 3 is 2.48 bits per heavy atom. The van der Waals surface area contributed by atoms with Gasteiger partial charge in [-0.2, -0.15) is 13.2 Å². The summed E-state index contributed by atoms with van der Waals surface area (Å²) in [6.07, 6.45) is -2.53. The molecule has 1 rings (SSSR count). The average molecular weight is 421 g/mol. The van der Waals surface area contributed by atoms with Gasteiger partial charge in [0, 0.05) is 18.8 Å². The lowest BCUT2D eigenvalue weighted by molar-refractivity contribution is -0.149. The monoisotopic (exact) mass is 421 g/mol. The van der Waals surface area contributed by atoms with Crippen LogP contribution in [-0.2, 0) is 22.1 Å². The van der Waals surface area contributed by atoms with Gasteiger partial charge in [0.15, 0.2) is 0 Å². The number of halogens is 3. The van der Waals surface area contributed by atoms with E-state index < -0.39 is 29.3 Å². The first-order valence-corrected chi connectivity index (χ1v) is 9.66. The molecule has 0 bridgehead atoms. The summed E-state index contributed by atoms with van der Waals surface area (Å²) in [4.78, 5) is 26.9. The molecule has 1 atom stereocenters. The lowest BCUT2D eigenvalue weighted by Crippen LogP contribution is -2.34. The van der Waals surface area contributed by atoms with Gasteiger partial charge in [0.1, 0.15) is 19.8 Å². The summed E-state index contributed by atoms with van der Waals surface area (Å²) in [6, 6.07) is -0.386. The summed E-state index contributed by atoms with van der Waals surface area (Å²) < 4.78 is 50.6. The van der Waals surface area contributed by atoms with Crippen molar-refractivity contribution in [3.05, 3.63) is 33.7 Å². The maximum atomic E-state index is 13.4. The largest absolute Gasteiger partial charge is 0.464 e. The molecular formula is C20H32F3N2O4+. The molecule has 9 heteroatoms. The molecule has 0 aliphatic carbocycles. The third-order valence-electron chi connectivity index (χ3n) is 4.37. The van der Waals surface area contributed by atoms with Crippen molar-refractivity contribution < 1.29 is 27.4 Å². The second-order valence-electron chi connectivity index (χ2n) is 7.72. The lowest BCUT2D eigenvalue weighted by Gasteiger charge is -2.23. The van der Waals surface area contributed by atoms with Crippen molar-refractivity contribution in [1.82, 2.24) is 9.47 Å². The third-order valence-corrected chi connectivity index (χ3v) is 4.37. The van der Waals surface area contributed by atoms with Gasteiger partial charge < -0.3 is 18.9 Å². The topological polar surface area (TPSA) is 64.3 Å². The highest BCUT2D eigenvalue weighted by Crippen LogP contribution is 2.32. The Kier molecular flexibility index (Phi) is 9.85. The molecule has 6 nitrogen and oxygen atoms in total. The van der Waals surface area contributed by atoms with E-state index in [0.717, 1.165) is 4.57 Å². The van der Waals surface area contributed by atoms with Gasteiger partial charge >= 0.3 is 12.1 Å². The van der Waals surface area contributed by atoms with Crippen LogP contribution in [0.5, 0.6) is 0 Å². The average Bonchev–Trinajstić information content (AvgIpc) is 2.61. The van der Waals surface area contributed by atoms with Gasteiger partial charge in [0.25, 0.3) is 5.56 Å². The zero-order chi connectivity index (χ0) is 22.2. The molecule has 0 amide bonds. The van der Waals surface area contributed by atoms with Gasteiger partial charge in [-0.15, -0.1) is 0 Å². The molecule has 0 saturated carbocycles. The maximum absolute atomic E-state index is 13.4. The first kappa shape index (κ1) is 25.2. The molecule has 0 aliphatic rings. The zero-order valence-corrected chi connectivity index (χ0v) is 17.8. The van der Waals surface area contributed by atoms with Gasteiger partial charge in [-0.3, -0.25) is 4.79 Å². The highest BCUT2D eigenvalue weighted by molar-refractivity contribution is 5.74. The molecule has 0 aromatic carbocycles. The molecule has 1 aromatic heterocycles. The number of carbonyl (C=O) groups excluding carboxylic acids is 1. The molecule has 166 valence electrons. The van der Waals surface area contributed by atoms with Gasteiger partial charge in [-0.25, -0.2) is 4.79 Å². The number of carbonyl (C=O) groups is 1. The Morgan fingerprint density at radius 2 is 1.97 bits per heavy atom. The van der Waals surface area contributed by atoms with Gasteiger partial charge in [0.05, 0.1) is 18.6 Å². The van der Waals surface area contributed by atoms with Crippen LogP contribution in [0.4, 0.5) is 13.2 Å². The molecule has 1 aromatic rings. The van der Waals surface area contributed by atoms with Crippen LogP contribution in [0.25, 0.3) is 0 Å². The molecule has 0 aliphatic heterocycles. The summed E-state index contributed by atoms with van der Waals surface area (Å²) >= 11 is 0. The molecule has 29 heavy (non-hydrogen) atoms. The van der Waals surface area contributed by atoms with E-state index in [1.54, 1.807) is 26.1 Å². The Labute approximate surface area is 169 Å². The van der Waals surface area contributed by atoms with Crippen LogP contribution in [-0.4, -0.2) is 61.1 Å². The minimum Gasteiger partial charge on any atom is -0.464 e. The van der Waals surface area contributed by atoms with Crippen molar-refractivity contribution in [3.63, 3.8) is 0 Å². The van der Waals surface area contributed by atoms with Crippen molar-refractivity contribution in [3.8, 4) is 0 Å². The zero-order valence-electron chi connectivity index (χ0n) is 17.8. The number of nitrogens with zero attached hydrogens (tertiary/aromatic N) is 2. The van der Waals surface area contributed by atoms with Crippen LogP contribution in [0, 0.1) is 5.92 Å². The molecule has 0 fully saturated rings. The summed E-state index contributed by atoms with van der Waals surface area (Å²) in [5, 5.41) is 0. The predicted molar refractivity (Wildman–Crippen MR) is 105 cm³/mol. The number of esters is 1. The molecule has 0 radical (unpaired) electrons. The third kappa shape index (κ3) is 8.18. The number of aromatic nitrogens is 1. The van der Waals surface area contributed by atoms with E-state index in [1.807, 2.05) is 13.8 Å². The number of aliphatic hydroxyl groups is 2. The summed E-state index contributed by atoms with van der Waals surface area (Å²) in [6.45, 7) is 4.81. The number of hydrogen-bond donors (Lipinski definition) is 0. The molecule has 0 spiro atoms. The first-order valence-electron chi connectivity index (χ1n) is 9.66. The van der Waals surface area contributed by atoms with Crippen molar-refractivity contribution in [2.45, 2.75) is 45.3 Å². The number of likely N-dealkylation sites (N-methyl/N-ethyl adjacent to an activating group) is 1.